The van der Waals surface area contributed by atoms with Crippen LogP contribution in [0.25, 0.3) is 22.2 Å². The standard InChI is InChI=1S/C16H13NO2/c1-12(18)19-17-15-10-6-5-9-14(15)11-16(17)13-7-3-2-4-8-13/h2-11H,1H3. The van der Waals surface area contributed by atoms with Gasteiger partial charge >= 0.3 is 5.97 Å². The molecule has 0 amide bonds. The van der Waals surface area contributed by atoms with Gasteiger partial charge in [-0.25, -0.2) is 4.79 Å². The summed E-state index contributed by atoms with van der Waals surface area (Å²) < 4.78 is 1.59. The summed E-state index contributed by atoms with van der Waals surface area (Å²) >= 11 is 0. The van der Waals surface area contributed by atoms with Crippen LogP contribution in [-0.2, 0) is 4.79 Å². The molecule has 3 aromatic rings. The lowest BCUT2D eigenvalue weighted by atomic mass is 10.1. The number of aromatic nitrogens is 1. The molecule has 3 rings (SSSR count). The van der Waals surface area contributed by atoms with Crippen molar-refractivity contribution in [2.45, 2.75) is 6.92 Å². The first kappa shape index (κ1) is 11.5. The van der Waals surface area contributed by atoms with Crippen molar-refractivity contribution in [3.8, 4) is 11.3 Å². The van der Waals surface area contributed by atoms with Crippen molar-refractivity contribution in [2.24, 2.45) is 0 Å². The predicted octanol–water partition coefficient (Wildman–Crippen LogP) is 3.28. The molecule has 0 aliphatic carbocycles. The van der Waals surface area contributed by atoms with Crippen molar-refractivity contribution in [1.29, 1.82) is 0 Å². The van der Waals surface area contributed by atoms with E-state index in [1.165, 1.54) is 6.92 Å². The Bertz CT molecular complexity index is 729. The van der Waals surface area contributed by atoms with Gasteiger partial charge in [0.2, 0.25) is 0 Å². The number of para-hydroxylation sites is 1. The molecule has 2 aromatic carbocycles. The molecule has 0 fully saturated rings. The van der Waals surface area contributed by atoms with Gasteiger partial charge in [0.15, 0.2) is 0 Å². The van der Waals surface area contributed by atoms with Crippen LogP contribution in [0, 0.1) is 0 Å². The van der Waals surface area contributed by atoms with Crippen molar-refractivity contribution in [3.05, 3.63) is 60.7 Å². The van der Waals surface area contributed by atoms with Crippen LogP contribution >= 0.6 is 0 Å². The van der Waals surface area contributed by atoms with E-state index in [0.29, 0.717) is 0 Å². The average molecular weight is 251 g/mol. The third-order valence-corrected chi connectivity index (χ3v) is 2.96. The number of benzene rings is 2. The summed E-state index contributed by atoms with van der Waals surface area (Å²) in [5.74, 6) is -0.335. The molecule has 19 heavy (non-hydrogen) atoms. The van der Waals surface area contributed by atoms with Crippen LogP contribution in [0.3, 0.4) is 0 Å². The fourth-order valence-corrected chi connectivity index (χ4v) is 2.17. The van der Waals surface area contributed by atoms with Crippen molar-refractivity contribution < 1.29 is 9.63 Å². The number of hydrogen-bond acceptors (Lipinski definition) is 2. The second kappa shape index (κ2) is 4.61. The molecule has 0 bridgehead atoms. The van der Waals surface area contributed by atoms with Gasteiger partial charge in [-0.05, 0) is 12.1 Å². The monoisotopic (exact) mass is 251 g/mol. The molecular weight excluding hydrogens is 238 g/mol. The molecule has 0 aliphatic rings. The molecule has 0 aliphatic heterocycles. The Morgan fingerprint density at radius 3 is 2.42 bits per heavy atom. The highest BCUT2D eigenvalue weighted by molar-refractivity contribution is 5.87. The first-order valence-corrected chi connectivity index (χ1v) is 6.10. The summed E-state index contributed by atoms with van der Waals surface area (Å²) in [5.41, 5.74) is 2.77. The van der Waals surface area contributed by atoms with Crippen LogP contribution in [-0.4, -0.2) is 10.7 Å². The zero-order valence-electron chi connectivity index (χ0n) is 10.5. The van der Waals surface area contributed by atoms with E-state index in [0.717, 1.165) is 22.2 Å². The fraction of sp³-hybridized carbons (Fsp3) is 0.0625. The van der Waals surface area contributed by atoms with E-state index in [4.69, 9.17) is 4.84 Å². The summed E-state index contributed by atoms with van der Waals surface area (Å²) in [5, 5.41) is 1.04. The second-order valence-corrected chi connectivity index (χ2v) is 4.33. The van der Waals surface area contributed by atoms with Crippen molar-refractivity contribution in [2.75, 3.05) is 0 Å². The van der Waals surface area contributed by atoms with Gasteiger partial charge in [-0.1, -0.05) is 48.5 Å². The molecule has 1 heterocycles. The Labute approximate surface area is 111 Å². The SMILES string of the molecule is CC(=O)On1c(-c2ccccc2)cc2ccccc21. The van der Waals surface area contributed by atoms with Gasteiger partial charge in [0, 0.05) is 17.9 Å². The van der Waals surface area contributed by atoms with E-state index in [9.17, 15) is 4.79 Å². The maximum Gasteiger partial charge on any atom is 0.329 e. The van der Waals surface area contributed by atoms with Crippen LogP contribution < -0.4 is 4.84 Å². The highest BCUT2D eigenvalue weighted by Crippen LogP contribution is 2.27. The molecular formula is C16H13NO2. The number of hydrogen-bond donors (Lipinski definition) is 0. The van der Waals surface area contributed by atoms with Crippen molar-refractivity contribution in [1.82, 2.24) is 4.73 Å². The molecule has 1 aromatic heterocycles. The highest BCUT2D eigenvalue weighted by atomic mass is 16.7. The maximum atomic E-state index is 11.3. The number of carbonyl (C=O) groups excluding carboxylic acids is 1. The van der Waals surface area contributed by atoms with E-state index >= 15 is 0 Å². The lowest BCUT2D eigenvalue weighted by Crippen LogP contribution is -2.17. The Morgan fingerprint density at radius 2 is 1.68 bits per heavy atom. The van der Waals surface area contributed by atoms with E-state index in [1.54, 1.807) is 4.73 Å². The minimum Gasteiger partial charge on any atom is -0.336 e. The quantitative estimate of drug-likeness (QED) is 0.700. The normalized spacial score (nSPS) is 10.6. The fourth-order valence-electron chi connectivity index (χ4n) is 2.17. The van der Waals surface area contributed by atoms with E-state index in [2.05, 4.69) is 0 Å². The summed E-state index contributed by atoms with van der Waals surface area (Å²) in [6.45, 7) is 1.41. The smallest absolute Gasteiger partial charge is 0.329 e. The zero-order chi connectivity index (χ0) is 13.2. The number of rotatable bonds is 2. The molecule has 0 N–H and O–H groups in total. The first-order valence-electron chi connectivity index (χ1n) is 6.10. The molecule has 0 saturated carbocycles. The molecule has 94 valence electrons. The number of fused-ring (bicyclic) bond motifs is 1. The van der Waals surface area contributed by atoms with Crippen molar-refractivity contribution >= 4 is 16.9 Å². The van der Waals surface area contributed by atoms with Gasteiger partial charge in [-0.3, -0.25) is 0 Å². The zero-order valence-corrected chi connectivity index (χ0v) is 10.5. The molecule has 0 saturated heterocycles. The summed E-state index contributed by atoms with van der Waals surface area (Å²) in [7, 11) is 0. The van der Waals surface area contributed by atoms with Gasteiger partial charge in [-0.2, -0.15) is 4.73 Å². The Balaban J connectivity index is 2.26. The van der Waals surface area contributed by atoms with Crippen LogP contribution in [0.4, 0.5) is 0 Å². The third kappa shape index (κ3) is 2.10. The lowest BCUT2D eigenvalue weighted by Gasteiger charge is -2.08. The van der Waals surface area contributed by atoms with E-state index in [1.807, 2.05) is 60.7 Å². The van der Waals surface area contributed by atoms with Gasteiger partial charge in [0.05, 0.1) is 11.2 Å². The minimum atomic E-state index is -0.335. The summed E-state index contributed by atoms with van der Waals surface area (Å²) in [6.07, 6.45) is 0. The van der Waals surface area contributed by atoms with Gasteiger partial charge in [0.1, 0.15) is 0 Å². The average Bonchev–Trinajstić information content (AvgIpc) is 2.78. The second-order valence-electron chi connectivity index (χ2n) is 4.33. The summed E-state index contributed by atoms with van der Waals surface area (Å²) in [6, 6.07) is 19.7. The molecule has 3 nitrogen and oxygen atoms in total. The van der Waals surface area contributed by atoms with Crippen LogP contribution in [0.5, 0.6) is 0 Å². The number of carbonyl (C=O) groups is 1. The Hall–Kier alpha value is -2.55. The molecule has 0 atom stereocenters. The molecule has 0 spiro atoms. The summed E-state index contributed by atoms with van der Waals surface area (Å²) in [4.78, 5) is 16.6. The lowest BCUT2D eigenvalue weighted by molar-refractivity contribution is -0.140. The third-order valence-electron chi connectivity index (χ3n) is 2.96. The van der Waals surface area contributed by atoms with Crippen LogP contribution in [0.15, 0.2) is 60.7 Å². The molecule has 0 radical (unpaired) electrons. The predicted molar refractivity (Wildman–Crippen MR) is 74.6 cm³/mol. The van der Waals surface area contributed by atoms with Gasteiger partial charge < -0.3 is 4.84 Å². The van der Waals surface area contributed by atoms with Gasteiger partial charge in [-0.15, -0.1) is 0 Å². The van der Waals surface area contributed by atoms with Crippen molar-refractivity contribution in [3.63, 3.8) is 0 Å². The first-order chi connectivity index (χ1) is 9.25. The Morgan fingerprint density at radius 1 is 1.00 bits per heavy atom. The molecule has 0 unspecified atom stereocenters. The minimum absolute atomic E-state index is 0.335. The van der Waals surface area contributed by atoms with Crippen LogP contribution in [0.2, 0.25) is 0 Å². The van der Waals surface area contributed by atoms with E-state index < -0.39 is 0 Å². The van der Waals surface area contributed by atoms with Gasteiger partial charge in [0.25, 0.3) is 0 Å². The highest BCUT2D eigenvalue weighted by Gasteiger charge is 2.12. The number of nitrogens with zero attached hydrogens (tertiary/aromatic N) is 1. The van der Waals surface area contributed by atoms with E-state index in [-0.39, 0.29) is 5.97 Å². The van der Waals surface area contributed by atoms with Crippen LogP contribution in [0.1, 0.15) is 6.92 Å². The molecule has 3 heteroatoms. The largest absolute Gasteiger partial charge is 0.336 e. The topological polar surface area (TPSA) is 31.2 Å². The Kier molecular flexibility index (Phi) is 2.80. The maximum absolute atomic E-state index is 11.3.